The average Bonchev–Trinajstić information content (AvgIpc) is 3.09. The summed E-state index contributed by atoms with van der Waals surface area (Å²) >= 11 is 0. The van der Waals surface area contributed by atoms with Crippen LogP contribution in [0.25, 0.3) is 0 Å². The molecule has 1 amide bonds. The highest BCUT2D eigenvalue weighted by atomic mass is 19.4. The maximum atomic E-state index is 12.7. The van der Waals surface area contributed by atoms with E-state index in [0.29, 0.717) is 32.0 Å². The minimum atomic E-state index is -4.19. The van der Waals surface area contributed by atoms with Crippen LogP contribution in [0.1, 0.15) is 42.7 Å². The monoisotopic (exact) mass is 382 g/mol. The van der Waals surface area contributed by atoms with Gasteiger partial charge in [0.15, 0.2) is 0 Å². The number of nitrogens with zero attached hydrogens (tertiary/aromatic N) is 1. The van der Waals surface area contributed by atoms with Gasteiger partial charge in [0, 0.05) is 24.5 Å². The zero-order valence-corrected chi connectivity index (χ0v) is 15.2. The van der Waals surface area contributed by atoms with Gasteiger partial charge in [-0.15, -0.1) is 0 Å². The topological polar surface area (TPSA) is 41.6 Å². The van der Waals surface area contributed by atoms with E-state index in [-0.39, 0.29) is 23.3 Å². The van der Waals surface area contributed by atoms with Crippen molar-refractivity contribution in [2.24, 2.45) is 5.92 Å². The van der Waals surface area contributed by atoms with E-state index >= 15 is 0 Å². The van der Waals surface area contributed by atoms with E-state index in [4.69, 9.17) is 4.74 Å². The Labute approximate surface area is 157 Å². The molecule has 148 valence electrons. The van der Waals surface area contributed by atoms with Crippen LogP contribution in [0.3, 0.4) is 0 Å². The highest BCUT2D eigenvalue weighted by molar-refractivity contribution is 5.80. The Kier molecular flexibility index (Phi) is 4.93. The Hall–Kier alpha value is -1.60. The van der Waals surface area contributed by atoms with Crippen LogP contribution in [0, 0.1) is 5.92 Å². The van der Waals surface area contributed by atoms with Crippen molar-refractivity contribution in [3.8, 4) is 0 Å². The molecule has 1 aromatic rings. The number of piperidine rings is 1. The maximum absolute atomic E-state index is 12.7. The van der Waals surface area contributed by atoms with Gasteiger partial charge in [0.05, 0.1) is 19.8 Å². The lowest BCUT2D eigenvalue weighted by molar-refractivity contribution is -0.142. The first-order chi connectivity index (χ1) is 12.8. The molecule has 0 radical (unpaired) electrons. The molecule has 1 saturated carbocycles. The van der Waals surface area contributed by atoms with Crippen LogP contribution < -0.4 is 5.32 Å². The van der Waals surface area contributed by atoms with Crippen molar-refractivity contribution < 1.29 is 22.7 Å². The van der Waals surface area contributed by atoms with Gasteiger partial charge in [-0.3, -0.25) is 10.1 Å². The molecule has 1 N–H and O–H groups in total. The molecule has 1 aromatic carbocycles. The number of amides is 1. The van der Waals surface area contributed by atoms with E-state index in [1.165, 1.54) is 6.07 Å². The fraction of sp³-hybridized carbons (Fsp3) is 0.650. The van der Waals surface area contributed by atoms with Crippen molar-refractivity contribution in [2.45, 2.75) is 49.7 Å². The minimum Gasteiger partial charge on any atom is -0.364 e. The van der Waals surface area contributed by atoms with E-state index in [9.17, 15) is 18.0 Å². The Bertz CT molecular complexity index is 685. The van der Waals surface area contributed by atoms with Gasteiger partial charge in [0.25, 0.3) is 0 Å². The third-order valence-electron chi connectivity index (χ3n) is 6.18. The maximum Gasteiger partial charge on any atom is 0.393 e. The van der Waals surface area contributed by atoms with Crippen molar-refractivity contribution in [1.29, 1.82) is 0 Å². The molecule has 4 rings (SSSR count). The summed E-state index contributed by atoms with van der Waals surface area (Å²) in [5.41, 5.74) is 1.28. The van der Waals surface area contributed by atoms with Crippen LogP contribution >= 0.6 is 0 Å². The quantitative estimate of drug-likeness (QED) is 0.873. The number of carbonyl (C=O) groups is 1. The second-order valence-electron chi connectivity index (χ2n) is 8.19. The molecule has 7 heteroatoms. The number of nitrogens with one attached hydrogen (secondary N) is 1. The van der Waals surface area contributed by atoms with E-state index in [0.717, 1.165) is 31.2 Å². The number of alkyl halides is 3. The molecule has 3 aliphatic rings. The minimum absolute atomic E-state index is 0.0115. The third-order valence-corrected chi connectivity index (χ3v) is 6.18. The number of halogens is 3. The molecule has 2 saturated heterocycles. The Morgan fingerprint density at radius 1 is 1.26 bits per heavy atom. The fourth-order valence-electron chi connectivity index (χ4n) is 4.70. The molecule has 0 atom stereocenters. The lowest BCUT2D eigenvalue weighted by Crippen LogP contribution is -2.58. The highest BCUT2D eigenvalue weighted by Crippen LogP contribution is 2.41. The first-order valence-corrected chi connectivity index (χ1v) is 9.61. The number of likely N-dealkylation sites (tertiary alicyclic amines) is 1. The second kappa shape index (κ2) is 7.09. The van der Waals surface area contributed by atoms with Gasteiger partial charge in [-0.05, 0) is 42.7 Å². The van der Waals surface area contributed by atoms with E-state index in [1.54, 1.807) is 12.1 Å². The molecular weight excluding hydrogens is 357 g/mol. The molecule has 1 spiro atoms. The van der Waals surface area contributed by atoms with E-state index in [2.05, 4.69) is 5.32 Å². The Morgan fingerprint density at radius 3 is 2.63 bits per heavy atom. The van der Waals surface area contributed by atoms with Crippen molar-refractivity contribution in [3.05, 3.63) is 35.4 Å². The zero-order valence-electron chi connectivity index (χ0n) is 15.2. The third kappa shape index (κ3) is 4.14. The number of rotatable bonds is 3. The summed E-state index contributed by atoms with van der Waals surface area (Å²) in [6.07, 6.45) is -1.79. The van der Waals surface area contributed by atoms with Gasteiger partial charge in [-0.2, -0.15) is 13.2 Å². The van der Waals surface area contributed by atoms with Gasteiger partial charge in [-0.1, -0.05) is 24.3 Å². The van der Waals surface area contributed by atoms with Crippen LogP contribution in [0.5, 0.6) is 0 Å². The Morgan fingerprint density at radius 2 is 2.00 bits per heavy atom. The number of hydrogen-bond acceptors (Lipinski definition) is 3. The summed E-state index contributed by atoms with van der Waals surface area (Å²) < 4.78 is 43.2. The molecule has 0 aromatic heterocycles. The van der Waals surface area contributed by atoms with Crippen molar-refractivity contribution >= 4 is 5.91 Å². The summed E-state index contributed by atoms with van der Waals surface area (Å²) in [6.45, 7) is 2.62. The summed E-state index contributed by atoms with van der Waals surface area (Å²) in [4.78, 5) is 14.6. The first-order valence-electron chi connectivity index (χ1n) is 9.61. The fourth-order valence-corrected chi connectivity index (χ4v) is 4.70. The molecule has 0 unspecified atom stereocenters. The summed E-state index contributed by atoms with van der Waals surface area (Å²) in [7, 11) is 0. The highest BCUT2D eigenvalue weighted by Gasteiger charge is 2.50. The second-order valence-corrected chi connectivity index (χ2v) is 8.19. The van der Waals surface area contributed by atoms with Crippen LogP contribution in [0.4, 0.5) is 13.2 Å². The molecule has 1 aliphatic carbocycles. The largest absolute Gasteiger partial charge is 0.393 e. The van der Waals surface area contributed by atoms with Crippen LogP contribution in [0.2, 0.25) is 0 Å². The van der Waals surface area contributed by atoms with E-state index < -0.39 is 12.6 Å². The number of ether oxygens (including phenoxy) is 1. The van der Waals surface area contributed by atoms with Gasteiger partial charge < -0.3 is 9.64 Å². The van der Waals surface area contributed by atoms with Crippen LogP contribution in [0.15, 0.2) is 24.3 Å². The summed E-state index contributed by atoms with van der Waals surface area (Å²) in [5, 5.41) is 3.33. The zero-order chi connectivity index (χ0) is 19.1. The predicted molar refractivity (Wildman–Crippen MR) is 94.2 cm³/mol. The Balaban J connectivity index is 1.30. The van der Waals surface area contributed by atoms with Gasteiger partial charge in [0.1, 0.15) is 0 Å². The van der Waals surface area contributed by atoms with Crippen molar-refractivity contribution in [3.63, 3.8) is 0 Å². The standard InChI is InChI=1S/C20H25F3N2O2/c21-20(22,23)9-14-2-1-3-16(8-14)15-4-6-25(7-5-15)18(26)17-10-19(11-17)12-27-13-24-19/h1-3,8,15,17,24H,4-7,9-13H2. The summed E-state index contributed by atoms with van der Waals surface area (Å²) in [5.74, 6) is 0.518. The lowest BCUT2D eigenvalue weighted by Gasteiger charge is -2.45. The molecule has 2 heterocycles. The van der Waals surface area contributed by atoms with Crippen molar-refractivity contribution in [1.82, 2.24) is 10.2 Å². The molecule has 3 fully saturated rings. The number of benzene rings is 1. The van der Waals surface area contributed by atoms with Crippen molar-refractivity contribution in [2.75, 3.05) is 26.4 Å². The van der Waals surface area contributed by atoms with E-state index in [1.807, 2.05) is 11.0 Å². The van der Waals surface area contributed by atoms with Crippen LogP contribution in [-0.2, 0) is 16.0 Å². The molecule has 2 aliphatic heterocycles. The average molecular weight is 382 g/mol. The number of hydrogen-bond donors (Lipinski definition) is 1. The van der Waals surface area contributed by atoms with Gasteiger partial charge in [0.2, 0.25) is 5.91 Å². The van der Waals surface area contributed by atoms with Gasteiger partial charge in [-0.25, -0.2) is 0 Å². The number of carbonyl (C=O) groups excluding carboxylic acids is 1. The smallest absolute Gasteiger partial charge is 0.364 e. The first kappa shape index (κ1) is 18.7. The molecular formula is C20H25F3N2O2. The van der Waals surface area contributed by atoms with Gasteiger partial charge >= 0.3 is 6.18 Å². The lowest BCUT2D eigenvalue weighted by atomic mass is 9.68. The molecule has 4 nitrogen and oxygen atoms in total. The molecule has 0 bridgehead atoms. The predicted octanol–water partition coefficient (Wildman–Crippen LogP) is 3.22. The van der Waals surface area contributed by atoms with Crippen LogP contribution in [-0.4, -0.2) is 48.9 Å². The SMILES string of the molecule is O=C(C1CC2(COCN2)C1)N1CCC(c2cccc(CC(F)(F)F)c2)CC1. The normalized spacial score (nSPS) is 29.1. The summed E-state index contributed by atoms with van der Waals surface area (Å²) in [6, 6.07) is 6.82. The molecule has 27 heavy (non-hydrogen) atoms.